The number of piperidine rings is 1. The maximum atomic E-state index is 12.8. The fourth-order valence-electron chi connectivity index (χ4n) is 3.61. The normalized spacial score (nSPS) is 16.5. The maximum absolute atomic E-state index is 12.8. The van der Waals surface area contributed by atoms with Crippen LogP contribution in [0.3, 0.4) is 0 Å². The third-order valence-corrected chi connectivity index (χ3v) is 5.24. The first-order chi connectivity index (χ1) is 12.9. The molecule has 1 saturated heterocycles. The fourth-order valence-corrected chi connectivity index (χ4v) is 3.61. The van der Waals surface area contributed by atoms with Crippen molar-refractivity contribution in [2.75, 3.05) is 13.1 Å². The highest BCUT2D eigenvalue weighted by molar-refractivity contribution is 5.93. The molecule has 0 saturated carbocycles. The molecule has 3 aromatic rings. The lowest BCUT2D eigenvalue weighted by Gasteiger charge is -2.38. The number of benzene rings is 1. The number of hydrogen-bond donors (Lipinski definition) is 2. The number of hydrogen-bond acceptors (Lipinski definition) is 4. The summed E-state index contributed by atoms with van der Waals surface area (Å²) in [6.45, 7) is 3.03. The van der Waals surface area contributed by atoms with E-state index < -0.39 is 5.60 Å². The van der Waals surface area contributed by atoms with Gasteiger partial charge in [0.05, 0.1) is 17.5 Å². The Hall–Kier alpha value is -2.93. The summed E-state index contributed by atoms with van der Waals surface area (Å²) < 4.78 is 1.70. The molecule has 2 N–H and O–H groups in total. The van der Waals surface area contributed by atoms with Crippen LogP contribution >= 0.6 is 0 Å². The molecule has 1 aliphatic rings. The van der Waals surface area contributed by atoms with Gasteiger partial charge >= 0.3 is 0 Å². The van der Waals surface area contributed by atoms with Crippen LogP contribution in [0, 0.1) is 6.92 Å². The van der Waals surface area contributed by atoms with Crippen LogP contribution in [0.15, 0.2) is 42.7 Å². The second kappa shape index (κ2) is 6.66. The van der Waals surface area contributed by atoms with Gasteiger partial charge in [0, 0.05) is 31.9 Å². The van der Waals surface area contributed by atoms with Crippen molar-refractivity contribution in [3.8, 4) is 11.3 Å². The van der Waals surface area contributed by atoms with E-state index in [1.54, 1.807) is 21.8 Å². The van der Waals surface area contributed by atoms with Crippen LogP contribution in [0.1, 0.15) is 34.5 Å². The number of nitrogens with zero attached hydrogens (tertiary/aromatic N) is 4. The zero-order chi connectivity index (χ0) is 19.0. The number of aryl methyl sites for hydroxylation is 2. The standard InChI is InChI=1S/C20H23N5O2/c1-14-4-3-5-16(10-14)20(27)6-8-25(9-7-20)19(26)18-11-17(22-23-18)15-12-21-24(2)13-15/h3-5,10-13,27H,6-9H2,1-2H3,(H,22,23). The van der Waals surface area contributed by atoms with Crippen LogP contribution in [0.5, 0.6) is 0 Å². The Kier molecular flexibility index (Phi) is 4.31. The zero-order valence-electron chi connectivity index (χ0n) is 15.5. The minimum atomic E-state index is -0.877. The van der Waals surface area contributed by atoms with Gasteiger partial charge in [0.25, 0.3) is 5.91 Å². The lowest BCUT2D eigenvalue weighted by molar-refractivity contribution is -0.0213. The summed E-state index contributed by atoms with van der Waals surface area (Å²) in [6.07, 6.45) is 4.61. The van der Waals surface area contributed by atoms with Crippen molar-refractivity contribution in [3.63, 3.8) is 0 Å². The fraction of sp³-hybridized carbons (Fsp3) is 0.350. The molecule has 3 heterocycles. The Labute approximate surface area is 157 Å². The van der Waals surface area contributed by atoms with Gasteiger partial charge in [-0.05, 0) is 31.4 Å². The van der Waals surface area contributed by atoms with E-state index in [2.05, 4.69) is 15.3 Å². The molecule has 0 unspecified atom stereocenters. The number of nitrogens with one attached hydrogen (secondary N) is 1. The van der Waals surface area contributed by atoms with E-state index in [1.165, 1.54) is 0 Å². The quantitative estimate of drug-likeness (QED) is 0.745. The van der Waals surface area contributed by atoms with Gasteiger partial charge in [-0.25, -0.2) is 0 Å². The zero-order valence-corrected chi connectivity index (χ0v) is 15.5. The topological polar surface area (TPSA) is 87.0 Å². The molecule has 1 fully saturated rings. The van der Waals surface area contributed by atoms with E-state index in [0.29, 0.717) is 37.3 Å². The number of likely N-dealkylation sites (tertiary alicyclic amines) is 1. The molecule has 0 atom stereocenters. The van der Waals surface area contributed by atoms with Gasteiger partial charge in [0.1, 0.15) is 5.69 Å². The molecule has 27 heavy (non-hydrogen) atoms. The number of aromatic amines is 1. The first-order valence-electron chi connectivity index (χ1n) is 9.08. The Balaban J connectivity index is 1.45. The van der Waals surface area contributed by atoms with E-state index in [-0.39, 0.29) is 5.91 Å². The molecule has 0 spiro atoms. The molecule has 7 nitrogen and oxygen atoms in total. The van der Waals surface area contributed by atoms with E-state index in [1.807, 2.05) is 44.4 Å². The lowest BCUT2D eigenvalue weighted by Crippen LogP contribution is -2.45. The molecule has 1 aromatic carbocycles. The van der Waals surface area contributed by atoms with Crippen LogP contribution in [0.4, 0.5) is 0 Å². The van der Waals surface area contributed by atoms with E-state index in [0.717, 1.165) is 16.7 Å². The third kappa shape index (κ3) is 3.38. The van der Waals surface area contributed by atoms with Crippen molar-refractivity contribution in [1.29, 1.82) is 0 Å². The van der Waals surface area contributed by atoms with Gasteiger partial charge < -0.3 is 10.0 Å². The number of aromatic nitrogens is 4. The average Bonchev–Trinajstić information content (AvgIpc) is 3.31. The molecular formula is C20H23N5O2. The van der Waals surface area contributed by atoms with Crippen LogP contribution in [0.2, 0.25) is 0 Å². The smallest absolute Gasteiger partial charge is 0.271 e. The summed E-state index contributed by atoms with van der Waals surface area (Å²) >= 11 is 0. The van der Waals surface area contributed by atoms with Gasteiger partial charge in [-0.2, -0.15) is 10.2 Å². The second-order valence-electron chi connectivity index (χ2n) is 7.26. The van der Waals surface area contributed by atoms with Crippen molar-refractivity contribution >= 4 is 5.91 Å². The molecule has 0 bridgehead atoms. The average molecular weight is 365 g/mol. The van der Waals surface area contributed by atoms with Crippen molar-refractivity contribution in [2.24, 2.45) is 7.05 Å². The number of carbonyl (C=O) groups excluding carboxylic acids is 1. The first-order valence-corrected chi connectivity index (χ1v) is 9.08. The van der Waals surface area contributed by atoms with E-state index in [9.17, 15) is 9.90 Å². The summed E-state index contributed by atoms with van der Waals surface area (Å²) in [7, 11) is 1.84. The summed E-state index contributed by atoms with van der Waals surface area (Å²) in [5, 5.41) is 22.2. The largest absolute Gasteiger partial charge is 0.385 e. The highest BCUT2D eigenvalue weighted by Crippen LogP contribution is 2.33. The molecule has 140 valence electrons. The summed E-state index contributed by atoms with van der Waals surface area (Å²) in [4.78, 5) is 14.6. The number of H-pyrrole nitrogens is 1. The Morgan fingerprint density at radius 3 is 2.70 bits per heavy atom. The Morgan fingerprint density at radius 1 is 1.26 bits per heavy atom. The Bertz CT molecular complexity index is 966. The van der Waals surface area contributed by atoms with Crippen molar-refractivity contribution in [3.05, 3.63) is 59.5 Å². The predicted molar refractivity (Wildman–Crippen MR) is 101 cm³/mol. The van der Waals surface area contributed by atoms with Gasteiger partial charge in [-0.3, -0.25) is 14.6 Å². The lowest BCUT2D eigenvalue weighted by atomic mass is 9.84. The second-order valence-corrected chi connectivity index (χ2v) is 7.26. The van der Waals surface area contributed by atoms with Gasteiger partial charge in [-0.15, -0.1) is 0 Å². The Morgan fingerprint density at radius 2 is 2.04 bits per heavy atom. The number of aliphatic hydroxyl groups is 1. The number of carbonyl (C=O) groups is 1. The molecule has 1 aliphatic heterocycles. The molecule has 7 heteroatoms. The molecule has 0 aliphatic carbocycles. The van der Waals surface area contributed by atoms with Gasteiger partial charge in [-0.1, -0.05) is 29.8 Å². The van der Waals surface area contributed by atoms with Crippen molar-refractivity contribution < 1.29 is 9.90 Å². The van der Waals surface area contributed by atoms with Gasteiger partial charge in [0.15, 0.2) is 0 Å². The maximum Gasteiger partial charge on any atom is 0.271 e. The molecule has 2 aromatic heterocycles. The minimum Gasteiger partial charge on any atom is -0.385 e. The minimum absolute atomic E-state index is 0.0936. The number of amides is 1. The summed E-state index contributed by atoms with van der Waals surface area (Å²) in [6, 6.07) is 9.71. The van der Waals surface area contributed by atoms with Gasteiger partial charge in [0.2, 0.25) is 0 Å². The molecule has 0 radical (unpaired) electrons. The monoisotopic (exact) mass is 365 g/mol. The SMILES string of the molecule is Cc1cccc(C2(O)CCN(C(=O)c3cc(-c4cnn(C)c4)n[nH]3)CC2)c1. The highest BCUT2D eigenvalue weighted by atomic mass is 16.3. The predicted octanol–water partition coefficient (Wildman–Crippen LogP) is 2.24. The number of rotatable bonds is 3. The van der Waals surface area contributed by atoms with E-state index >= 15 is 0 Å². The highest BCUT2D eigenvalue weighted by Gasteiger charge is 2.36. The summed E-state index contributed by atoms with van der Waals surface area (Å²) in [5.74, 6) is -0.0936. The van der Waals surface area contributed by atoms with Crippen LogP contribution < -0.4 is 0 Å². The summed E-state index contributed by atoms with van der Waals surface area (Å²) in [5.41, 5.74) is 3.18. The van der Waals surface area contributed by atoms with Crippen LogP contribution in [-0.4, -0.2) is 49.0 Å². The van der Waals surface area contributed by atoms with Crippen LogP contribution in [-0.2, 0) is 12.6 Å². The molecule has 4 rings (SSSR count). The third-order valence-electron chi connectivity index (χ3n) is 5.24. The van der Waals surface area contributed by atoms with Crippen LogP contribution in [0.25, 0.3) is 11.3 Å². The van der Waals surface area contributed by atoms with Crippen molar-refractivity contribution in [1.82, 2.24) is 24.9 Å². The van der Waals surface area contributed by atoms with Crippen molar-refractivity contribution in [2.45, 2.75) is 25.4 Å². The van der Waals surface area contributed by atoms with E-state index in [4.69, 9.17) is 0 Å². The first kappa shape index (κ1) is 17.5. The molecular weight excluding hydrogens is 342 g/mol. The molecule has 1 amide bonds.